The van der Waals surface area contributed by atoms with Gasteiger partial charge in [-0.2, -0.15) is 5.26 Å². The number of aryl methyl sites for hydroxylation is 1. The molecule has 0 unspecified atom stereocenters. The van der Waals surface area contributed by atoms with Gasteiger partial charge in [0.1, 0.15) is 23.1 Å². The minimum Gasteiger partial charge on any atom is -0.494 e. The van der Waals surface area contributed by atoms with Gasteiger partial charge in [0.05, 0.1) is 6.61 Å². The molecule has 0 heterocycles. The molecular formula is C28H27N3O4. The van der Waals surface area contributed by atoms with Crippen LogP contribution in [-0.4, -0.2) is 25.0 Å². The van der Waals surface area contributed by atoms with Crippen molar-refractivity contribution in [1.29, 1.82) is 5.26 Å². The Balaban J connectivity index is 1.68. The van der Waals surface area contributed by atoms with Gasteiger partial charge in [-0.3, -0.25) is 9.59 Å². The Bertz CT molecular complexity index is 1270. The van der Waals surface area contributed by atoms with Crippen molar-refractivity contribution in [2.75, 3.05) is 23.8 Å². The summed E-state index contributed by atoms with van der Waals surface area (Å²) in [5.74, 6) is 0.199. The molecule has 0 atom stereocenters. The normalized spacial score (nSPS) is 10.7. The van der Waals surface area contributed by atoms with Crippen LogP contribution in [0.3, 0.4) is 0 Å². The summed E-state index contributed by atoms with van der Waals surface area (Å²) >= 11 is 0. The van der Waals surface area contributed by atoms with E-state index in [1.54, 1.807) is 48.5 Å². The fourth-order valence-electron chi connectivity index (χ4n) is 3.25. The summed E-state index contributed by atoms with van der Waals surface area (Å²) < 4.78 is 11.1. The Hall–Kier alpha value is -4.57. The highest BCUT2D eigenvalue weighted by Gasteiger charge is 2.13. The zero-order chi connectivity index (χ0) is 25.2. The Kier molecular flexibility index (Phi) is 8.63. The maximum Gasteiger partial charge on any atom is 0.266 e. The minimum atomic E-state index is -0.556. The molecule has 0 saturated carbocycles. The van der Waals surface area contributed by atoms with Crippen molar-refractivity contribution in [3.63, 3.8) is 0 Å². The van der Waals surface area contributed by atoms with E-state index in [1.807, 2.05) is 45.0 Å². The largest absolute Gasteiger partial charge is 0.494 e. The predicted molar refractivity (Wildman–Crippen MR) is 136 cm³/mol. The number of para-hydroxylation sites is 1. The molecule has 7 nitrogen and oxygen atoms in total. The van der Waals surface area contributed by atoms with Crippen LogP contribution in [0.4, 0.5) is 11.4 Å². The number of anilines is 2. The zero-order valence-corrected chi connectivity index (χ0v) is 19.9. The number of carbonyl (C=O) groups excluding carboxylic acids is 2. The first-order chi connectivity index (χ1) is 16.9. The van der Waals surface area contributed by atoms with E-state index in [0.29, 0.717) is 29.4 Å². The van der Waals surface area contributed by atoms with Crippen molar-refractivity contribution in [3.8, 4) is 17.6 Å². The molecule has 2 N–H and O–H groups in total. The summed E-state index contributed by atoms with van der Waals surface area (Å²) in [5.41, 5.74) is 3.73. The van der Waals surface area contributed by atoms with Crippen LogP contribution in [0.1, 0.15) is 23.6 Å². The van der Waals surface area contributed by atoms with Gasteiger partial charge in [0, 0.05) is 16.9 Å². The van der Waals surface area contributed by atoms with E-state index in [1.165, 1.54) is 6.08 Å². The number of ether oxygens (including phenoxy) is 2. The number of nitrogens with one attached hydrogen (secondary N) is 2. The van der Waals surface area contributed by atoms with E-state index in [2.05, 4.69) is 10.6 Å². The van der Waals surface area contributed by atoms with Crippen LogP contribution in [0.5, 0.6) is 11.5 Å². The fourth-order valence-corrected chi connectivity index (χ4v) is 3.25. The number of rotatable bonds is 9. The van der Waals surface area contributed by atoms with Crippen molar-refractivity contribution >= 4 is 29.3 Å². The van der Waals surface area contributed by atoms with Gasteiger partial charge in [0.15, 0.2) is 6.61 Å². The second-order valence-corrected chi connectivity index (χ2v) is 7.70. The molecule has 0 fully saturated rings. The average molecular weight is 470 g/mol. The summed E-state index contributed by atoms with van der Waals surface area (Å²) in [7, 11) is 0. The fraction of sp³-hybridized carbons (Fsp3) is 0.179. The molecule has 35 heavy (non-hydrogen) atoms. The molecule has 0 aromatic heterocycles. The highest BCUT2D eigenvalue weighted by Crippen LogP contribution is 2.23. The SMILES string of the molecule is CCOc1ccc(NC(=O)/C(C#N)=C/c2ccccc2OCC(=O)Nc2cccc(C)c2C)cc1. The molecule has 0 bridgehead atoms. The van der Waals surface area contributed by atoms with Gasteiger partial charge in [0.2, 0.25) is 0 Å². The van der Waals surface area contributed by atoms with Crippen LogP contribution in [0.25, 0.3) is 6.08 Å². The molecule has 0 radical (unpaired) electrons. The summed E-state index contributed by atoms with van der Waals surface area (Å²) in [6, 6.07) is 21.4. The Morgan fingerprint density at radius 3 is 2.40 bits per heavy atom. The van der Waals surface area contributed by atoms with Crippen LogP contribution in [0.2, 0.25) is 0 Å². The van der Waals surface area contributed by atoms with Crippen LogP contribution in [0.15, 0.2) is 72.3 Å². The molecule has 178 valence electrons. The summed E-state index contributed by atoms with van der Waals surface area (Å²) in [6.45, 7) is 6.12. The van der Waals surface area contributed by atoms with E-state index in [-0.39, 0.29) is 18.1 Å². The highest BCUT2D eigenvalue weighted by molar-refractivity contribution is 6.09. The van der Waals surface area contributed by atoms with Crippen LogP contribution >= 0.6 is 0 Å². The molecule has 0 aliphatic rings. The lowest BCUT2D eigenvalue weighted by Gasteiger charge is -2.12. The molecule has 7 heteroatoms. The van der Waals surface area contributed by atoms with Gasteiger partial charge in [-0.1, -0.05) is 30.3 Å². The number of hydrogen-bond acceptors (Lipinski definition) is 5. The molecular weight excluding hydrogens is 442 g/mol. The second-order valence-electron chi connectivity index (χ2n) is 7.70. The number of nitrogens with zero attached hydrogens (tertiary/aromatic N) is 1. The van der Waals surface area contributed by atoms with Gasteiger partial charge in [0.25, 0.3) is 11.8 Å². The molecule has 2 amide bonds. The van der Waals surface area contributed by atoms with Crippen molar-refractivity contribution in [2.24, 2.45) is 0 Å². The zero-order valence-electron chi connectivity index (χ0n) is 19.9. The number of amides is 2. The lowest BCUT2D eigenvalue weighted by molar-refractivity contribution is -0.118. The van der Waals surface area contributed by atoms with Gasteiger partial charge < -0.3 is 20.1 Å². The lowest BCUT2D eigenvalue weighted by atomic mass is 10.1. The quantitative estimate of drug-likeness (QED) is 0.329. The molecule has 0 aliphatic heterocycles. The van der Waals surface area contributed by atoms with E-state index in [9.17, 15) is 14.9 Å². The van der Waals surface area contributed by atoms with E-state index < -0.39 is 5.91 Å². The van der Waals surface area contributed by atoms with Crippen molar-refractivity contribution in [2.45, 2.75) is 20.8 Å². The van der Waals surface area contributed by atoms with Crippen LogP contribution < -0.4 is 20.1 Å². The maximum atomic E-state index is 12.7. The third kappa shape index (κ3) is 6.95. The van der Waals surface area contributed by atoms with E-state index in [0.717, 1.165) is 16.8 Å². The van der Waals surface area contributed by atoms with Gasteiger partial charge in [-0.05, 0) is 74.4 Å². The predicted octanol–water partition coefficient (Wildman–Crippen LogP) is 5.27. The van der Waals surface area contributed by atoms with Gasteiger partial charge in [-0.25, -0.2) is 0 Å². The van der Waals surface area contributed by atoms with Crippen molar-refractivity contribution in [3.05, 3.63) is 89.0 Å². The summed E-state index contributed by atoms with van der Waals surface area (Å²) in [6.07, 6.45) is 1.43. The highest BCUT2D eigenvalue weighted by atomic mass is 16.5. The smallest absolute Gasteiger partial charge is 0.266 e. The second kappa shape index (κ2) is 12.1. The Morgan fingerprint density at radius 1 is 0.943 bits per heavy atom. The third-order valence-electron chi connectivity index (χ3n) is 5.24. The van der Waals surface area contributed by atoms with E-state index in [4.69, 9.17) is 9.47 Å². The monoisotopic (exact) mass is 469 g/mol. The average Bonchev–Trinajstić information content (AvgIpc) is 2.86. The molecule has 0 spiro atoms. The Labute approximate surface area is 205 Å². The number of nitriles is 1. The third-order valence-corrected chi connectivity index (χ3v) is 5.24. The molecule has 0 aliphatic carbocycles. The standard InChI is InChI=1S/C28H27N3O4/c1-4-34-24-14-12-23(13-15-24)30-28(33)22(17-29)16-21-9-5-6-11-26(21)35-18-27(32)31-25-10-7-8-19(2)20(25)3/h5-16H,4,18H2,1-3H3,(H,30,33)(H,31,32)/b22-16+. The first-order valence-electron chi connectivity index (χ1n) is 11.1. The summed E-state index contributed by atoms with van der Waals surface area (Å²) in [4.78, 5) is 25.1. The molecule has 3 aromatic rings. The van der Waals surface area contributed by atoms with Crippen molar-refractivity contribution in [1.82, 2.24) is 0 Å². The molecule has 3 aromatic carbocycles. The first-order valence-corrected chi connectivity index (χ1v) is 11.1. The lowest BCUT2D eigenvalue weighted by Crippen LogP contribution is -2.21. The molecule has 3 rings (SSSR count). The minimum absolute atomic E-state index is 0.102. The van der Waals surface area contributed by atoms with E-state index >= 15 is 0 Å². The number of hydrogen-bond donors (Lipinski definition) is 2. The van der Waals surface area contributed by atoms with Crippen molar-refractivity contribution < 1.29 is 19.1 Å². The topological polar surface area (TPSA) is 100 Å². The molecule has 0 saturated heterocycles. The summed E-state index contributed by atoms with van der Waals surface area (Å²) in [5, 5.41) is 15.1. The number of benzene rings is 3. The van der Waals surface area contributed by atoms with Crippen LogP contribution in [-0.2, 0) is 9.59 Å². The maximum absolute atomic E-state index is 12.7. The Morgan fingerprint density at radius 2 is 1.69 bits per heavy atom. The van der Waals surface area contributed by atoms with Crippen LogP contribution in [0, 0.1) is 25.2 Å². The number of carbonyl (C=O) groups is 2. The van der Waals surface area contributed by atoms with Gasteiger partial charge >= 0.3 is 0 Å². The first kappa shape index (κ1) is 25.1. The van der Waals surface area contributed by atoms with Gasteiger partial charge in [-0.15, -0.1) is 0 Å².